The molecule has 0 spiro atoms. The van der Waals surface area contributed by atoms with Crippen LogP contribution in [0.5, 0.6) is 0 Å². The summed E-state index contributed by atoms with van der Waals surface area (Å²) in [6.07, 6.45) is -1.62. The number of carbonyl (C=O) groups excluding carboxylic acids is 3. The normalized spacial score (nSPS) is 13.5. The molecule has 3 aromatic carbocycles. The van der Waals surface area contributed by atoms with Crippen LogP contribution in [0.4, 0.5) is 0 Å². The van der Waals surface area contributed by atoms with Crippen molar-refractivity contribution in [3.63, 3.8) is 0 Å². The van der Waals surface area contributed by atoms with Gasteiger partial charge in [0.25, 0.3) is 17.7 Å². The Morgan fingerprint density at radius 1 is 0.773 bits per heavy atom. The van der Waals surface area contributed by atoms with Crippen LogP contribution in [-0.2, 0) is 6.42 Å². The number of hydrogen-bond donors (Lipinski definition) is 4. The fourth-order valence-electron chi connectivity index (χ4n) is 5.12. The van der Waals surface area contributed by atoms with Gasteiger partial charge in [-0.2, -0.15) is 5.26 Å². The maximum absolute atomic E-state index is 13.6. The van der Waals surface area contributed by atoms with Gasteiger partial charge in [-0.05, 0) is 67.6 Å². The lowest BCUT2D eigenvalue weighted by molar-refractivity contribution is -0.0212. The van der Waals surface area contributed by atoms with E-state index in [1.165, 1.54) is 0 Å². The summed E-state index contributed by atoms with van der Waals surface area (Å²) in [5.41, 5.74) is 2.50. The van der Waals surface area contributed by atoms with Crippen LogP contribution >= 0.6 is 0 Å². The Hall–Kier alpha value is -4.52. The molecule has 4 N–H and O–H groups in total. The number of amides is 3. The van der Waals surface area contributed by atoms with Crippen molar-refractivity contribution in [3.05, 3.63) is 107 Å². The second-order valence-electron chi connectivity index (χ2n) is 10.9. The molecule has 232 valence electrons. The number of aliphatic hydroxyl groups is 2. The van der Waals surface area contributed by atoms with Gasteiger partial charge in [0.2, 0.25) is 0 Å². The minimum Gasteiger partial charge on any atom is -0.388 e. The summed E-state index contributed by atoms with van der Waals surface area (Å²) in [6, 6.07) is 22.3. The summed E-state index contributed by atoms with van der Waals surface area (Å²) in [6.45, 7) is 7.03. The largest absolute Gasteiger partial charge is 0.388 e. The molecule has 4 atom stereocenters. The lowest BCUT2D eigenvalue weighted by atomic mass is 9.92. The molecule has 0 heterocycles. The number of benzene rings is 3. The van der Waals surface area contributed by atoms with Gasteiger partial charge in [-0.25, -0.2) is 0 Å². The molecule has 0 aliphatic rings. The van der Waals surface area contributed by atoms with Gasteiger partial charge in [0.05, 0.1) is 24.6 Å². The Morgan fingerprint density at radius 3 is 1.89 bits per heavy atom. The third-order valence-electron chi connectivity index (χ3n) is 7.31. The summed E-state index contributed by atoms with van der Waals surface area (Å²) < 4.78 is 0. The van der Waals surface area contributed by atoms with Crippen molar-refractivity contribution in [3.8, 4) is 6.07 Å². The maximum atomic E-state index is 13.6. The van der Waals surface area contributed by atoms with Gasteiger partial charge in [-0.15, -0.1) is 0 Å². The van der Waals surface area contributed by atoms with E-state index in [4.69, 9.17) is 0 Å². The second-order valence-corrected chi connectivity index (χ2v) is 10.9. The van der Waals surface area contributed by atoms with Crippen molar-refractivity contribution >= 4 is 17.7 Å². The quantitative estimate of drug-likeness (QED) is 0.208. The number of carbonyl (C=O) groups is 3. The lowest BCUT2D eigenvalue weighted by Crippen LogP contribution is -2.56. The summed E-state index contributed by atoms with van der Waals surface area (Å²) in [7, 11) is 0. The number of nitrogens with zero attached hydrogens (tertiary/aromatic N) is 2. The van der Waals surface area contributed by atoms with Crippen LogP contribution in [-0.4, -0.2) is 70.2 Å². The number of aryl methyl sites for hydroxylation is 1. The minimum absolute atomic E-state index is 0.156. The zero-order valence-electron chi connectivity index (χ0n) is 25.6. The maximum Gasteiger partial charge on any atom is 0.253 e. The molecular weight excluding hydrogens is 556 g/mol. The standard InChI is InChI=1S/C35H42N4O5/c1-4-18-39(19-5-2)35(44)28-21-24(3)20-27(23-28)34(43)38-30(22-25-12-8-6-9-13-25)32(41)31(40)29(16-17-36)37-33(42)26-14-10-7-11-15-26/h6-15,20-21,23,29-32,40-41H,4-5,16,18-19,22H2,1-3H3,(H,37,42)(H,38,43)/t29-,30+,31+,32+/m0/s1. The molecular formula is C35H42N4O5. The van der Waals surface area contributed by atoms with Crippen molar-refractivity contribution in [1.29, 1.82) is 5.26 Å². The molecule has 3 aromatic rings. The molecule has 0 bridgehead atoms. The number of nitrogens with one attached hydrogen (secondary N) is 2. The van der Waals surface area contributed by atoms with Crippen LogP contribution < -0.4 is 10.6 Å². The predicted octanol–water partition coefficient (Wildman–Crippen LogP) is 4.03. The first-order valence-corrected chi connectivity index (χ1v) is 15.0. The smallest absolute Gasteiger partial charge is 0.253 e. The van der Waals surface area contributed by atoms with Crippen molar-refractivity contribution in [2.75, 3.05) is 13.1 Å². The van der Waals surface area contributed by atoms with Crippen LogP contribution in [0.1, 0.15) is 75.3 Å². The molecule has 0 saturated carbocycles. The SMILES string of the molecule is CCCN(CCC)C(=O)c1cc(C)cc(C(=O)N[C@H](Cc2ccccc2)[C@@H](O)[C@H](O)[C@H](CC#N)NC(=O)c2ccccc2)c1. The average molecular weight is 599 g/mol. The van der Waals surface area contributed by atoms with Crippen LogP contribution in [0.15, 0.2) is 78.9 Å². The van der Waals surface area contributed by atoms with Gasteiger partial charge < -0.3 is 25.7 Å². The number of aliphatic hydroxyl groups excluding tert-OH is 2. The summed E-state index contributed by atoms with van der Waals surface area (Å²) in [5.74, 6) is -1.19. The highest BCUT2D eigenvalue weighted by atomic mass is 16.3. The Bertz CT molecular complexity index is 1420. The number of hydrogen-bond acceptors (Lipinski definition) is 6. The second kappa shape index (κ2) is 16.9. The molecule has 0 unspecified atom stereocenters. The van der Waals surface area contributed by atoms with Crippen molar-refractivity contribution in [2.24, 2.45) is 0 Å². The Labute approximate surface area is 259 Å². The van der Waals surface area contributed by atoms with Gasteiger partial charge in [-0.1, -0.05) is 62.4 Å². The monoisotopic (exact) mass is 598 g/mol. The summed E-state index contributed by atoms with van der Waals surface area (Å²) >= 11 is 0. The fourth-order valence-corrected chi connectivity index (χ4v) is 5.12. The first-order valence-electron chi connectivity index (χ1n) is 15.0. The summed E-state index contributed by atoms with van der Waals surface area (Å²) in [4.78, 5) is 41.5. The number of nitriles is 1. The van der Waals surface area contributed by atoms with E-state index in [1.807, 2.05) is 50.2 Å². The van der Waals surface area contributed by atoms with E-state index in [0.29, 0.717) is 24.2 Å². The fraction of sp³-hybridized carbons (Fsp3) is 0.371. The van der Waals surface area contributed by atoms with Gasteiger partial charge in [0.15, 0.2) is 0 Å². The Kier molecular flexibility index (Phi) is 13.1. The molecule has 9 heteroatoms. The molecule has 9 nitrogen and oxygen atoms in total. The Morgan fingerprint density at radius 2 is 1.30 bits per heavy atom. The van der Waals surface area contributed by atoms with Crippen LogP contribution in [0.25, 0.3) is 0 Å². The molecule has 3 rings (SSSR count). The van der Waals surface area contributed by atoms with E-state index in [-0.39, 0.29) is 24.3 Å². The minimum atomic E-state index is -1.58. The van der Waals surface area contributed by atoms with Gasteiger partial charge in [-0.3, -0.25) is 14.4 Å². The highest BCUT2D eigenvalue weighted by Gasteiger charge is 2.34. The molecule has 0 aliphatic heterocycles. The average Bonchev–Trinajstić information content (AvgIpc) is 3.03. The number of rotatable bonds is 15. The van der Waals surface area contributed by atoms with Gasteiger partial charge in [0, 0.05) is 29.8 Å². The first kappa shape index (κ1) is 34.0. The molecule has 0 saturated heterocycles. The molecule has 0 aliphatic carbocycles. The molecule has 0 fully saturated rings. The van der Waals surface area contributed by atoms with Gasteiger partial charge in [0.1, 0.15) is 12.2 Å². The van der Waals surface area contributed by atoms with Crippen LogP contribution in [0.3, 0.4) is 0 Å². The third-order valence-corrected chi connectivity index (χ3v) is 7.31. The highest BCUT2D eigenvalue weighted by Crippen LogP contribution is 2.17. The topological polar surface area (TPSA) is 143 Å². The highest BCUT2D eigenvalue weighted by molar-refractivity contribution is 6.00. The van der Waals surface area contributed by atoms with E-state index in [9.17, 15) is 29.9 Å². The predicted molar refractivity (Wildman–Crippen MR) is 169 cm³/mol. The lowest BCUT2D eigenvalue weighted by Gasteiger charge is -2.32. The van der Waals surface area contributed by atoms with E-state index in [0.717, 1.165) is 24.0 Å². The van der Waals surface area contributed by atoms with Gasteiger partial charge >= 0.3 is 0 Å². The first-order chi connectivity index (χ1) is 21.2. The third kappa shape index (κ3) is 9.49. The van der Waals surface area contributed by atoms with Crippen LogP contribution in [0.2, 0.25) is 0 Å². The molecule has 0 radical (unpaired) electrons. The van der Waals surface area contributed by atoms with E-state index >= 15 is 0 Å². The van der Waals surface area contributed by atoms with E-state index in [2.05, 4.69) is 10.6 Å². The van der Waals surface area contributed by atoms with E-state index < -0.39 is 36.1 Å². The molecule has 3 amide bonds. The molecule has 44 heavy (non-hydrogen) atoms. The van der Waals surface area contributed by atoms with Crippen molar-refractivity contribution < 1.29 is 24.6 Å². The zero-order valence-corrected chi connectivity index (χ0v) is 25.6. The van der Waals surface area contributed by atoms with Crippen molar-refractivity contribution in [2.45, 2.75) is 70.7 Å². The van der Waals surface area contributed by atoms with Crippen LogP contribution in [0, 0.1) is 18.3 Å². The van der Waals surface area contributed by atoms with Crippen molar-refractivity contribution in [1.82, 2.24) is 15.5 Å². The molecule has 0 aromatic heterocycles. The Balaban J connectivity index is 1.88. The summed E-state index contributed by atoms with van der Waals surface area (Å²) in [5, 5.41) is 37.6. The zero-order chi connectivity index (χ0) is 32.1. The van der Waals surface area contributed by atoms with E-state index in [1.54, 1.807) is 60.4 Å².